The third-order valence-electron chi connectivity index (χ3n) is 3.17. The van der Waals surface area contributed by atoms with Crippen molar-refractivity contribution in [3.63, 3.8) is 0 Å². The molecule has 2 aromatic rings. The largest absolute Gasteiger partial charge is 0.329 e. The molecule has 2 rings (SSSR count). The molecule has 0 N–H and O–H groups in total. The maximum Gasteiger partial charge on any atom is 0.0955 e. The molecule has 92 valence electrons. The molecule has 0 atom stereocenters. The Morgan fingerprint density at radius 3 is 2.53 bits per heavy atom. The average Bonchev–Trinajstić information content (AvgIpc) is 2.76. The first-order valence-electron chi connectivity index (χ1n) is 5.73. The van der Waals surface area contributed by atoms with Gasteiger partial charge in [0, 0.05) is 12.7 Å². The Labute approximate surface area is 110 Å². The summed E-state index contributed by atoms with van der Waals surface area (Å²) in [6.07, 6.45) is 2.83. The Morgan fingerprint density at radius 1 is 1.35 bits per heavy atom. The van der Waals surface area contributed by atoms with E-state index in [2.05, 4.69) is 44.4 Å². The van der Waals surface area contributed by atoms with Gasteiger partial charge >= 0.3 is 0 Å². The van der Waals surface area contributed by atoms with Crippen molar-refractivity contribution in [3.8, 4) is 0 Å². The van der Waals surface area contributed by atoms with Gasteiger partial charge in [-0.15, -0.1) is 0 Å². The van der Waals surface area contributed by atoms with Crippen LogP contribution in [-0.2, 0) is 20.0 Å². The highest BCUT2D eigenvalue weighted by atomic mass is 79.9. The number of imidazole rings is 1. The zero-order chi connectivity index (χ0) is 12.6. The minimum absolute atomic E-state index is 0.802. The smallest absolute Gasteiger partial charge is 0.0955 e. The maximum absolute atomic E-state index is 4.50. The zero-order valence-electron chi connectivity index (χ0n) is 10.7. The van der Waals surface area contributed by atoms with Crippen molar-refractivity contribution in [1.29, 1.82) is 0 Å². The molecule has 0 saturated heterocycles. The summed E-state index contributed by atoms with van der Waals surface area (Å²) in [6.45, 7) is 7.04. The normalized spacial score (nSPS) is 11.1. The Kier molecular flexibility index (Phi) is 3.38. The van der Waals surface area contributed by atoms with Crippen molar-refractivity contribution in [2.24, 2.45) is 7.05 Å². The second kappa shape index (κ2) is 4.64. The van der Waals surface area contributed by atoms with Gasteiger partial charge in [-0.25, -0.2) is 4.98 Å². The first-order valence-corrected chi connectivity index (χ1v) is 6.52. The average molecular weight is 297 g/mol. The van der Waals surface area contributed by atoms with Gasteiger partial charge in [0.05, 0.1) is 34.4 Å². The number of hydrogen-bond acceptors (Lipinski definition) is 2. The van der Waals surface area contributed by atoms with Gasteiger partial charge in [0.25, 0.3) is 0 Å². The lowest BCUT2D eigenvalue weighted by Crippen LogP contribution is -2.06. The molecule has 0 aliphatic rings. The lowest BCUT2D eigenvalue weighted by atomic mass is 10.3. The SMILES string of the molecule is CCc1nn(C)c(Cn2cnc(C)c2C)c1Br. The predicted molar refractivity (Wildman–Crippen MR) is 71.1 cm³/mol. The van der Waals surface area contributed by atoms with Crippen LogP contribution in [0.5, 0.6) is 0 Å². The fraction of sp³-hybridized carbons (Fsp3) is 0.500. The van der Waals surface area contributed by atoms with E-state index in [1.165, 1.54) is 11.4 Å². The lowest BCUT2D eigenvalue weighted by molar-refractivity contribution is 0.651. The summed E-state index contributed by atoms with van der Waals surface area (Å²) in [7, 11) is 1.98. The number of rotatable bonds is 3. The molecule has 0 unspecified atom stereocenters. The van der Waals surface area contributed by atoms with Crippen LogP contribution in [0, 0.1) is 13.8 Å². The fourth-order valence-electron chi connectivity index (χ4n) is 1.86. The number of aryl methyl sites for hydroxylation is 3. The minimum Gasteiger partial charge on any atom is -0.329 e. The van der Waals surface area contributed by atoms with E-state index in [1.807, 2.05) is 25.0 Å². The monoisotopic (exact) mass is 296 g/mol. The molecule has 17 heavy (non-hydrogen) atoms. The van der Waals surface area contributed by atoms with Crippen molar-refractivity contribution in [2.45, 2.75) is 33.7 Å². The summed E-state index contributed by atoms with van der Waals surface area (Å²) in [5, 5.41) is 4.50. The molecule has 0 spiro atoms. The van der Waals surface area contributed by atoms with Crippen LogP contribution >= 0.6 is 15.9 Å². The summed E-state index contributed by atoms with van der Waals surface area (Å²) < 4.78 is 5.21. The van der Waals surface area contributed by atoms with Gasteiger partial charge in [-0.3, -0.25) is 4.68 Å². The van der Waals surface area contributed by atoms with Gasteiger partial charge in [0.1, 0.15) is 0 Å². The molecule has 5 heteroatoms. The van der Waals surface area contributed by atoms with Crippen LogP contribution in [-0.4, -0.2) is 19.3 Å². The van der Waals surface area contributed by atoms with Crippen LogP contribution in [0.1, 0.15) is 29.7 Å². The van der Waals surface area contributed by atoms with Crippen molar-refractivity contribution < 1.29 is 0 Å². The van der Waals surface area contributed by atoms with Crippen LogP contribution < -0.4 is 0 Å². The summed E-state index contributed by atoms with van der Waals surface area (Å²) in [4.78, 5) is 4.32. The third kappa shape index (κ3) is 2.16. The summed E-state index contributed by atoms with van der Waals surface area (Å²) >= 11 is 3.63. The van der Waals surface area contributed by atoms with E-state index in [0.717, 1.165) is 28.8 Å². The first-order chi connectivity index (χ1) is 8.04. The third-order valence-corrected chi connectivity index (χ3v) is 4.08. The molecule has 0 fully saturated rings. The van der Waals surface area contributed by atoms with Gasteiger partial charge in [-0.1, -0.05) is 6.92 Å². The Hall–Kier alpha value is -1.10. The maximum atomic E-state index is 4.50. The van der Waals surface area contributed by atoms with E-state index in [9.17, 15) is 0 Å². The number of aromatic nitrogens is 4. The van der Waals surface area contributed by atoms with E-state index in [-0.39, 0.29) is 0 Å². The predicted octanol–water partition coefficient (Wildman–Crippen LogP) is 2.61. The first kappa shape index (κ1) is 12.4. The molecular formula is C12H17BrN4. The Bertz CT molecular complexity index is 539. The van der Waals surface area contributed by atoms with Crippen LogP contribution in [0.15, 0.2) is 10.8 Å². The van der Waals surface area contributed by atoms with Crippen molar-refractivity contribution >= 4 is 15.9 Å². The van der Waals surface area contributed by atoms with Gasteiger partial charge in [-0.2, -0.15) is 5.10 Å². The second-order valence-electron chi connectivity index (χ2n) is 4.23. The van der Waals surface area contributed by atoms with E-state index in [1.54, 1.807) is 0 Å². The summed E-state index contributed by atoms with van der Waals surface area (Å²) in [5.41, 5.74) is 4.58. The quantitative estimate of drug-likeness (QED) is 0.873. The highest BCUT2D eigenvalue weighted by Crippen LogP contribution is 2.23. The van der Waals surface area contributed by atoms with E-state index >= 15 is 0 Å². The fourth-order valence-corrected chi connectivity index (χ4v) is 2.60. The van der Waals surface area contributed by atoms with Crippen LogP contribution in [0.2, 0.25) is 0 Å². The topological polar surface area (TPSA) is 35.6 Å². The molecule has 2 heterocycles. The molecule has 0 saturated carbocycles. The van der Waals surface area contributed by atoms with Gasteiger partial charge < -0.3 is 4.57 Å². The minimum atomic E-state index is 0.802. The van der Waals surface area contributed by atoms with Crippen LogP contribution in [0.3, 0.4) is 0 Å². The van der Waals surface area contributed by atoms with E-state index < -0.39 is 0 Å². The molecule has 0 radical (unpaired) electrons. The van der Waals surface area contributed by atoms with Crippen molar-refractivity contribution in [1.82, 2.24) is 19.3 Å². The van der Waals surface area contributed by atoms with Crippen molar-refractivity contribution in [2.75, 3.05) is 0 Å². The van der Waals surface area contributed by atoms with E-state index in [0.29, 0.717) is 0 Å². The van der Waals surface area contributed by atoms with Gasteiger partial charge in [-0.05, 0) is 36.2 Å². The van der Waals surface area contributed by atoms with Gasteiger partial charge in [0.2, 0.25) is 0 Å². The highest BCUT2D eigenvalue weighted by Gasteiger charge is 2.13. The Balaban J connectivity index is 2.36. The Morgan fingerprint density at radius 2 is 2.06 bits per heavy atom. The molecular weight excluding hydrogens is 280 g/mol. The van der Waals surface area contributed by atoms with Gasteiger partial charge in [0.15, 0.2) is 0 Å². The molecule has 2 aromatic heterocycles. The molecule has 0 aromatic carbocycles. The lowest BCUT2D eigenvalue weighted by Gasteiger charge is -2.06. The zero-order valence-corrected chi connectivity index (χ0v) is 12.2. The molecule has 0 aliphatic heterocycles. The molecule has 0 aliphatic carbocycles. The van der Waals surface area contributed by atoms with Crippen LogP contribution in [0.25, 0.3) is 0 Å². The standard InChI is InChI=1S/C12H17BrN4/c1-5-10-12(13)11(16(4)15-10)6-17-7-14-8(2)9(17)3/h7H,5-6H2,1-4H3. The van der Waals surface area contributed by atoms with Crippen LogP contribution in [0.4, 0.5) is 0 Å². The number of halogens is 1. The number of hydrogen-bond donors (Lipinski definition) is 0. The molecule has 4 nitrogen and oxygen atoms in total. The molecule has 0 bridgehead atoms. The van der Waals surface area contributed by atoms with E-state index in [4.69, 9.17) is 0 Å². The number of nitrogens with zero attached hydrogens (tertiary/aromatic N) is 4. The summed E-state index contributed by atoms with van der Waals surface area (Å²) in [6, 6.07) is 0. The van der Waals surface area contributed by atoms with Crippen molar-refractivity contribution in [3.05, 3.63) is 33.6 Å². The summed E-state index contributed by atoms with van der Waals surface area (Å²) in [5.74, 6) is 0. The highest BCUT2D eigenvalue weighted by molar-refractivity contribution is 9.10. The second-order valence-corrected chi connectivity index (χ2v) is 5.02. The molecule has 0 amide bonds.